The van der Waals surface area contributed by atoms with Crippen LogP contribution in [-0.4, -0.2) is 32.3 Å². The summed E-state index contributed by atoms with van der Waals surface area (Å²) in [6, 6.07) is 9.71. The van der Waals surface area contributed by atoms with E-state index in [0.29, 0.717) is 30.1 Å². The molecule has 4 rings (SSSR count). The maximum Gasteiger partial charge on any atom is 0.355 e. The molecule has 0 bridgehead atoms. The number of carboxylic acids is 1. The Kier molecular flexibility index (Phi) is 2.66. The third-order valence-electron chi connectivity index (χ3n) is 3.85. The minimum Gasteiger partial charge on any atom is -0.477 e. The molecule has 0 aliphatic carbocycles. The molecule has 2 aromatic heterocycles. The number of rotatable bonds is 2. The van der Waals surface area contributed by atoms with Crippen LogP contribution >= 0.6 is 0 Å². The van der Waals surface area contributed by atoms with Crippen LogP contribution < -0.4 is 4.74 Å². The fourth-order valence-electron chi connectivity index (χ4n) is 2.91. The van der Waals surface area contributed by atoms with Crippen molar-refractivity contribution in [3.8, 4) is 17.0 Å². The van der Waals surface area contributed by atoms with Crippen molar-refractivity contribution in [2.24, 2.45) is 0 Å². The summed E-state index contributed by atoms with van der Waals surface area (Å²) in [7, 11) is 0. The van der Waals surface area contributed by atoms with E-state index in [-0.39, 0.29) is 5.69 Å². The van der Waals surface area contributed by atoms with Gasteiger partial charge in [-0.25, -0.2) is 9.78 Å². The zero-order valence-electron chi connectivity index (χ0n) is 11.9. The van der Waals surface area contributed by atoms with Gasteiger partial charge in [-0.3, -0.25) is 0 Å². The molecule has 1 N–H and O–H groups in total. The van der Waals surface area contributed by atoms with Gasteiger partial charge in [0, 0.05) is 12.0 Å². The smallest absolute Gasteiger partial charge is 0.355 e. The van der Waals surface area contributed by atoms with E-state index in [1.165, 1.54) is 0 Å². The number of nitrogens with zero attached hydrogens (tertiary/aromatic N) is 3. The Morgan fingerprint density at radius 3 is 2.82 bits per heavy atom. The van der Waals surface area contributed by atoms with E-state index in [2.05, 4.69) is 10.1 Å². The molecule has 0 spiro atoms. The first-order valence-electron chi connectivity index (χ1n) is 7.00. The molecule has 0 saturated heterocycles. The average molecular weight is 295 g/mol. The maximum absolute atomic E-state index is 11.5. The molecule has 0 saturated carbocycles. The third-order valence-corrected chi connectivity index (χ3v) is 3.85. The molecule has 22 heavy (non-hydrogen) atoms. The molecule has 6 heteroatoms. The lowest BCUT2D eigenvalue weighted by Crippen LogP contribution is -2.08. The number of aryl methyl sites for hydroxylation is 1. The van der Waals surface area contributed by atoms with Crippen LogP contribution in [0.25, 0.3) is 16.8 Å². The van der Waals surface area contributed by atoms with Gasteiger partial charge >= 0.3 is 5.97 Å². The number of ether oxygens (including phenoxy) is 1. The summed E-state index contributed by atoms with van der Waals surface area (Å²) in [5.74, 6) is -0.546. The highest BCUT2D eigenvalue weighted by Crippen LogP contribution is 2.34. The summed E-state index contributed by atoms with van der Waals surface area (Å²) in [6.07, 6.45) is 0.541. The number of benzene rings is 1. The molecule has 1 aliphatic heterocycles. The molecule has 3 aromatic rings. The van der Waals surface area contributed by atoms with Crippen molar-refractivity contribution in [3.05, 3.63) is 47.3 Å². The topological polar surface area (TPSA) is 76.7 Å². The highest BCUT2D eigenvalue weighted by Gasteiger charge is 2.28. The molecule has 0 amide bonds. The van der Waals surface area contributed by atoms with Gasteiger partial charge in [-0.05, 0) is 12.5 Å². The van der Waals surface area contributed by atoms with Gasteiger partial charge in [0.25, 0.3) is 0 Å². The number of aromatic carboxylic acids is 1. The molecule has 6 nitrogen and oxygen atoms in total. The van der Waals surface area contributed by atoms with Gasteiger partial charge < -0.3 is 9.84 Å². The second kappa shape index (κ2) is 4.56. The first-order valence-corrected chi connectivity index (χ1v) is 7.00. The van der Waals surface area contributed by atoms with Crippen molar-refractivity contribution in [3.63, 3.8) is 0 Å². The van der Waals surface area contributed by atoms with E-state index in [1.807, 2.05) is 37.3 Å². The molecule has 3 heterocycles. The molecular formula is C16H13N3O3. The Bertz CT molecular complexity index is 900. The van der Waals surface area contributed by atoms with Crippen molar-refractivity contribution in [1.82, 2.24) is 14.6 Å². The highest BCUT2D eigenvalue weighted by atomic mass is 16.5. The number of carboxylic acid groups (broad SMARTS) is 1. The predicted octanol–water partition coefficient (Wildman–Crippen LogP) is 2.34. The molecular weight excluding hydrogens is 282 g/mol. The Hall–Kier alpha value is -2.89. The van der Waals surface area contributed by atoms with Crippen molar-refractivity contribution in [2.75, 3.05) is 6.61 Å². The highest BCUT2D eigenvalue weighted by molar-refractivity contribution is 5.90. The fourth-order valence-corrected chi connectivity index (χ4v) is 2.91. The third kappa shape index (κ3) is 1.70. The van der Waals surface area contributed by atoms with Gasteiger partial charge in [-0.1, -0.05) is 30.3 Å². The summed E-state index contributed by atoms with van der Waals surface area (Å²) in [6.45, 7) is 2.34. The monoisotopic (exact) mass is 295 g/mol. The molecule has 0 fully saturated rings. The van der Waals surface area contributed by atoms with Crippen LogP contribution in [0.2, 0.25) is 0 Å². The van der Waals surface area contributed by atoms with Gasteiger partial charge in [0.15, 0.2) is 11.3 Å². The van der Waals surface area contributed by atoms with Gasteiger partial charge in [-0.15, -0.1) is 0 Å². The van der Waals surface area contributed by atoms with Crippen molar-refractivity contribution < 1.29 is 14.6 Å². The van der Waals surface area contributed by atoms with Crippen LogP contribution in [0.4, 0.5) is 0 Å². The Balaban J connectivity index is 2.10. The van der Waals surface area contributed by atoms with Crippen LogP contribution in [0.3, 0.4) is 0 Å². The van der Waals surface area contributed by atoms with Crippen LogP contribution in [0, 0.1) is 6.92 Å². The van der Waals surface area contributed by atoms with Crippen LogP contribution in [0.15, 0.2) is 30.3 Å². The van der Waals surface area contributed by atoms with E-state index < -0.39 is 5.97 Å². The number of carbonyl (C=O) groups is 1. The first kappa shape index (κ1) is 12.8. The second-order valence-corrected chi connectivity index (χ2v) is 5.21. The molecule has 0 unspecified atom stereocenters. The second-order valence-electron chi connectivity index (χ2n) is 5.21. The minimum atomic E-state index is -1.04. The summed E-state index contributed by atoms with van der Waals surface area (Å²) in [4.78, 5) is 15.9. The van der Waals surface area contributed by atoms with E-state index in [1.54, 1.807) is 4.52 Å². The number of hydrogen-bond acceptors (Lipinski definition) is 4. The van der Waals surface area contributed by atoms with Crippen LogP contribution in [-0.2, 0) is 6.42 Å². The summed E-state index contributed by atoms with van der Waals surface area (Å²) < 4.78 is 7.22. The lowest BCUT2D eigenvalue weighted by molar-refractivity contribution is 0.0689. The number of hydrogen-bond donors (Lipinski definition) is 1. The largest absolute Gasteiger partial charge is 0.477 e. The Labute approximate surface area is 126 Å². The van der Waals surface area contributed by atoms with E-state index in [0.717, 1.165) is 16.8 Å². The zero-order chi connectivity index (χ0) is 15.3. The van der Waals surface area contributed by atoms with Crippen molar-refractivity contribution >= 4 is 11.6 Å². The maximum atomic E-state index is 11.5. The van der Waals surface area contributed by atoms with Gasteiger partial charge in [0.1, 0.15) is 0 Å². The fraction of sp³-hybridized carbons (Fsp3) is 0.188. The predicted molar refractivity (Wildman–Crippen MR) is 79.3 cm³/mol. The quantitative estimate of drug-likeness (QED) is 0.785. The Morgan fingerprint density at radius 2 is 2.09 bits per heavy atom. The van der Waals surface area contributed by atoms with E-state index in [4.69, 9.17) is 4.74 Å². The lowest BCUT2D eigenvalue weighted by Gasteiger charge is -2.06. The first-order chi connectivity index (χ1) is 10.7. The zero-order valence-corrected chi connectivity index (χ0v) is 11.9. The normalized spacial score (nSPS) is 13.1. The molecule has 0 atom stereocenters. The lowest BCUT2D eigenvalue weighted by atomic mass is 10.1. The molecule has 1 aliphatic rings. The summed E-state index contributed by atoms with van der Waals surface area (Å²) in [5.41, 5.74) is 3.76. The van der Waals surface area contributed by atoms with Crippen molar-refractivity contribution in [2.45, 2.75) is 13.3 Å². The van der Waals surface area contributed by atoms with E-state index in [9.17, 15) is 9.90 Å². The number of aromatic nitrogens is 3. The van der Waals surface area contributed by atoms with Gasteiger partial charge in [0.2, 0.25) is 5.88 Å². The minimum absolute atomic E-state index is 0.0529. The standard InChI is InChI=1S/C16H13N3O3/c1-9-12(10-5-3-2-4-6-10)14-17-13(16(20)21)11-7-8-22-15(11)19(14)18-9/h2-6H,7-8H2,1H3,(H,20,21). The van der Waals surface area contributed by atoms with Crippen LogP contribution in [0.1, 0.15) is 21.7 Å². The van der Waals surface area contributed by atoms with Crippen LogP contribution in [0.5, 0.6) is 5.88 Å². The number of fused-ring (bicyclic) bond motifs is 3. The van der Waals surface area contributed by atoms with E-state index >= 15 is 0 Å². The van der Waals surface area contributed by atoms with Gasteiger partial charge in [-0.2, -0.15) is 9.61 Å². The summed E-state index contributed by atoms with van der Waals surface area (Å²) in [5, 5.41) is 13.9. The molecule has 110 valence electrons. The molecule has 0 radical (unpaired) electrons. The Morgan fingerprint density at radius 1 is 1.32 bits per heavy atom. The van der Waals surface area contributed by atoms with Crippen molar-refractivity contribution in [1.29, 1.82) is 0 Å². The summed E-state index contributed by atoms with van der Waals surface area (Å²) >= 11 is 0. The van der Waals surface area contributed by atoms with Gasteiger partial charge in [0.05, 0.1) is 17.9 Å². The SMILES string of the molecule is Cc1nn2c3c(c(C(=O)O)nc2c1-c1ccccc1)CCO3. The molecule has 1 aromatic carbocycles. The average Bonchev–Trinajstić information content (AvgIpc) is 3.10.